The molecule has 41 heavy (non-hydrogen) atoms. The molecule has 5 atom stereocenters. The number of carbonyl (C=O) groups is 1. The van der Waals surface area contributed by atoms with Gasteiger partial charge in [0.2, 0.25) is 0 Å². The molecule has 1 unspecified atom stereocenters. The Morgan fingerprint density at radius 2 is 1.61 bits per heavy atom. The van der Waals surface area contributed by atoms with Crippen molar-refractivity contribution in [2.75, 3.05) is 13.2 Å². The summed E-state index contributed by atoms with van der Waals surface area (Å²) in [6.07, 6.45) is 9.22. The van der Waals surface area contributed by atoms with Crippen molar-refractivity contribution in [3.8, 4) is 0 Å². The van der Waals surface area contributed by atoms with Crippen LogP contribution in [0.15, 0.2) is 30.3 Å². The lowest BCUT2D eigenvalue weighted by Crippen LogP contribution is -2.49. The first-order valence-corrected chi connectivity index (χ1v) is 18.6. The number of carboxylic acid groups (broad SMARTS) is 1. The Hall–Kier alpha value is -1.25. The summed E-state index contributed by atoms with van der Waals surface area (Å²) in [6.45, 7) is 16.2. The maximum absolute atomic E-state index is 11.0. The van der Waals surface area contributed by atoms with Crippen LogP contribution >= 0.6 is 0 Å². The van der Waals surface area contributed by atoms with Crippen LogP contribution in [0.4, 0.5) is 0 Å². The van der Waals surface area contributed by atoms with Crippen molar-refractivity contribution in [2.45, 2.75) is 147 Å². The van der Waals surface area contributed by atoms with E-state index in [1.54, 1.807) is 0 Å². The molecular weight excluding hydrogens is 532 g/mol. The summed E-state index contributed by atoms with van der Waals surface area (Å²) >= 11 is 0. The average Bonchev–Trinajstić information content (AvgIpc) is 3.25. The molecule has 2 fully saturated rings. The number of carboxylic acids is 1. The molecule has 1 saturated carbocycles. The summed E-state index contributed by atoms with van der Waals surface area (Å²) in [5.74, 6) is -0.112. The normalized spacial score (nSPS) is 25.4. The van der Waals surface area contributed by atoms with Gasteiger partial charge in [-0.2, -0.15) is 0 Å². The van der Waals surface area contributed by atoms with Crippen molar-refractivity contribution in [1.82, 2.24) is 0 Å². The fourth-order valence-electron chi connectivity index (χ4n) is 7.65. The summed E-state index contributed by atoms with van der Waals surface area (Å²) in [5.41, 5.74) is 2.78. The number of unbranched alkanes of at least 4 members (excludes halogenated alkanes) is 3. The molecule has 0 amide bonds. The van der Waals surface area contributed by atoms with E-state index in [4.69, 9.17) is 23.7 Å². The van der Waals surface area contributed by atoms with Crippen LogP contribution in [0.2, 0.25) is 16.6 Å². The second kappa shape index (κ2) is 17.1. The highest BCUT2D eigenvalue weighted by molar-refractivity contribution is 6.77. The van der Waals surface area contributed by atoms with Crippen LogP contribution in [0.5, 0.6) is 0 Å². The Kier molecular flexibility index (Phi) is 14.3. The quantitative estimate of drug-likeness (QED) is 0.136. The highest BCUT2D eigenvalue weighted by atomic mass is 28.4. The molecule has 1 aliphatic carbocycles. The zero-order chi connectivity index (χ0) is 29.8. The molecule has 0 bridgehead atoms. The fourth-order valence-corrected chi connectivity index (χ4v) is 13.1. The van der Waals surface area contributed by atoms with E-state index < -0.39 is 14.3 Å². The standard InChI is InChI=1S/C34H58O6Si/c1-25(2)41(26(3)4,27(5)6)39-24-30-29(18-12-7-8-13-19-33(35)36)32(40-34-20-14-15-21-37-34)22-31(30)38-23-28-16-10-9-11-17-28/h9-11,16-17,25-27,29-32,34H,7-8,12-15,18-24H2,1-6H3,(H,35,36)/t29-,30-,31-,32+,34?/m1/s1. The molecule has 7 heteroatoms. The van der Waals surface area contributed by atoms with Crippen LogP contribution in [-0.4, -0.2) is 51.1 Å². The highest BCUT2D eigenvalue weighted by Gasteiger charge is 2.49. The monoisotopic (exact) mass is 590 g/mol. The lowest BCUT2D eigenvalue weighted by atomic mass is 9.89. The van der Waals surface area contributed by atoms with Gasteiger partial charge in [-0.3, -0.25) is 4.79 Å². The predicted octanol–water partition coefficient (Wildman–Crippen LogP) is 8.74. The molecule has 2 aliphatic rings. The van der Waals surface area contributed by atoms with Gasteiger partial charge in [0, 0.05) is 32.0 Å². The second-order valence-electron chi connectivity index (χ2n) is 13.3. The number of ether oxygens (including phenoxy) is 3. The molecular formula is C34H58O6Si. The Morgan fingerprint density at radius 1 is 0.927 bits per heavy atom. The van der Waals surface area contributed by atoms with Gasteiger partial charge in [0.1, 0.15) is 0 Å². The molecule has 0 radical (unpaired) electrons. The molecule has 1 aromatic carbocycles. The summed E-state index contributed by atoms with van der Waals surface area (Å²) in [7, 11) is -2.04. The van der Waals surface area contributed by atoms with E-state index in [1.165, 1.54) is 5.56 Å². The molecule has 1 aromatic rings. The minimum atomic E-state index is -2.04. The van der Waals surface area contributed by atoms with E-state index >= 15 is 0 Å². The van der Waals surface area contributed by atoms with Gasteiger partial charge in [0.15, 0.2) is 14.6 Å². The minimum absolute atomic E-state index is 0.0685. The Morgan fingerprint density at radius 3 is 2.22 bits per heavy atom. The molecule has 0 spiro atoms. The van der Waals surface area contributed by atoms with Crippen molar-refractivity contribution in [1.29, 1.82) is 0 Å². The summed E-state index contributed by atoms with van der Waals surface area (Å²) in [5, 5.41) is 9.02. The first-order valence-electron chi connectivity index (χ1n) is 16.4. The number of hydrogen-bond donors (Lipinski definition) is 1. The topological polar surface area (TPSA) is 74.2 Å². The highest BCUT2D eigenvalue weighted by Crippen LogP contribution is 2.46. The van der Waals surface area contributed by atoms with E-state index in [2.05, 4.69) is 65.8 Å². The minimum Gasteiger partial charge on any atom is -0.481 e. The maximum atomic E-state index is 11.0. The number of rotatable bonds is 18. The zero-order valence-electron chi connectivity index (χ0n) is 26.7. The van der Waals surface area contributed by atoms with Crippen LogP contribution in [0.3, 0.4) is 0 Å². The first kappa shape index (κ1) is 34.2. The van der Waals surface area contributed by atoms with Crippen molar-refractivity contribution in [3.63, 3.8) is 0 Å². The third-order valence-corrected chi connectivity index (χ3v) is 15.7. The first-order chi connectivity index (χ1) is 19.6. The zero-order valence-corrected chi connectivity index (χ0v) is 27.7. The van der Waals surface area contributed by atoms with Gasteiger partial charge in [-0.1, -0.05) is 91.1 Å². The van der Waals surface area contributed by atoms with E-state index in [0.29, 0.717) is 29.1 Å². The van der Waals surface area contributed by atoms with Crippen LogP contribution in [0.1, 0.15) is 111 Å². The average molecular weight is 591 g/mol. The lowest BCUT2D eigenvalue weighted by Gasteiger charge is -2.43. The number of aliphatic carboxylic acids is 1. The van der Waals surface area contributed by atoms with Gasteiger partial charge in [-0.25, -0.2) is 0 Å². The third-order valence-electron chi connectivity index (χ3n) is 9.65. The van der Waals surface area contributed by atoms with E-state index in [9.17, 15) is 4.79 Å². The summed E-state index contributed by atoms with van der Waals surface area (Å²) < 4.78 is 26.7. The Bertz CT molecular complexity index is 847. The number of benzene rings is 1. The predicted molar refractivity (Wildman–Crippen MR) is 167 cm³/mol. The van der Waals surface area contributed by atoms with Gasteiger partial charge in [0.05, 0.1) is 18.8 Å². The van der Waals surface area contributed by atoms with Crippen LogP contribution in [-0.2, 0) is 30.0 Å². The summed E-state index contributed by atoms with van der Waals surface area (Å²) in [6, 6.07) is 10.5. The van der Waals surface area contributed by atoms with Crippen molar-refractivity contribution < 1.29 is 28.5 Å². The second-order valence-corrected chi connectivity index (χ2v) is 18.8. The Labute approximate surface area is 251 Å². The van der Waals surface area contributed by atoms with Crippen molar-refractivity contribution in [2.24, 2.45) is 11.8 Å². The molecule has 1 N–H and O–H groups in total. The van der Waals surface area contributed by atoms with Gasteiger partial charge in [-0.15, -0.1) is 0 Å². The third kappa shape index (κ3) is 9.89. The fraction of sp³-hybridized carbons (Fsp3) is 0.794. The van der Waals surface area contributed by atoms with Crippen molar-refractivity contribution in [3.05, 3.63) is 35.9 Å². The number of hydrogen-bond acceptors (Lipinski definition) is 5. The molecule has 1 saturated heterocycles. The van der Waals surface area contributed by atoms with E-state index in [-0.39, 0.29) is 30.8 Å². The molecule has 6 nitrogen and oxygen atoms in total. The molecule has 234 valence electrons. The SMILES string of the molecule is CC(C)[Si](OC[C@@H]1[C@@H](CCCCCCC(=O)O)[C@@H](OC2CCCCO2)C[C@H]1OCc1ccccc1)(C(C)C)C(C)C. The smallest absolute Gasteiger partial charge is 0.303 e. The van der Waals surface area contributed by atoms with Crippen LogP contribution < -0.4 is 0 Å². The molecule has 3 rings (SSSR count). The van der Waals surface area contributed by atoms with E-state index in [0.717, 1.165) is 71.0 Å². The van der Waals surface area contributed by atoms with E-state index in [1.807, 2.05) is 6.07 Å². The molecule has 0 aromatic heterocycles. The van der Waals surface area contributed by atoms with Gasteiger partial charge >= 0.3 is 5.97 Å². The van der Waals surface area contributed by atoms with Gasteiger partial charge in [-0.05, 0) is 60.2 Å². The van der Waals surface area contributed by atoms with Crippen LogP contribution in [0, 0.1) is 11.8 Å². The van der Waals surface area contributed by atoms with Gasteiger partial charge < -0.3 is 23.7 Å². The van der Waals surface area contributed by atoms with Crippen LogP contribution in [0.25, 0.3) is 0 Å². The lowest BCUT2D eigenvalue weighted by molar-refractivity contribution is -0.197. The van der Waals surface area contributed by atoms with Gasteiger partial charge in [0.25, 0.3) is 0 Å². The molecule has 1 aliphatic heterocycles. The Balaban J connectivity index is 1.80. The van der Waals surface area contributed by atoms with Crippen molar-refractivity contribution >= 4 is 14.3 Å². The molecule has 1 heterocycles. The maximum Gasteiger partial charge on any atom is 0.303 e. The summed E-state index contributed by atoms with van der Waals surface area (Å²) in [4.78, 5) is 11.0. The largest absolute Gasteiger partial charge is 0.481 e.